The molecule has 1 atom stereocenters. The number of rotatable bonds is 3. The molecule has 1 saturated heterocycles. The Morgan fingerprint density at radius 3 is 2.47 bits per heavy atom. The number of pyridine rings is 1. The quantitative estimate of drug-likeness (QED) is 0.889. The molecule has 2 rings (SSSR count). The fraction of sp³-hybridized carbons (Fsp3) is 0.500. The SMILES string of the molecule is CC(NC(=O)c1ccncc1)C(=O)N1CCCCC1. The maximum absolute atomic E-state index is 12.2. The van der Waals surface area contributed by atoms with Crippen LogP contribution in [0.4, 0.5) is 0 Å². The minimum atomic E-state index is -0.487. The maximum Gasteiger partial charge on any atom is 0.252 e. The molecule has 0 aromatic carbocycles. The zero-order valence-electron chi connectivity index (χ0n) is 11.1. The number of nitrogens with zero attached hydrogens (tertiary/aromatic N) is 2. The van der Waals surface area contributed by atoms with Gasteiger partial charge in [-0.05, 0) is 38.3 Å². The lowest BCUT2D eigenvalue weighted by Crippen LogP contribution is -2.48. The Bertz CT molecular complexity index is 441. The molecule has 0 saturated carbocycles. The average molecular weight is 261 g/mol. The number of nitrogens with one attached hydrogen (secondary N) is 1. The fourth-order valence-corrected chi connectivity index (χ4v) is 2.23. The van der Waals surface area contributed by atoms with Crippen LogP contribution < -0.4 is 5.32 Å². The van der Waals surface area contributed by atoms with E-state index in [9.17, 15) is 9.59 Å². The van der Waals surface area contributed by atoms with E-state index in [2.05, 4.69) is 10.3 Å². The summed E-state index contributed by atoms with van der Waals surface area (Å²) in [5.41, 5.74) is 0.522. The number of carbonyl (C=O) groups excluding carboxylic acids is 2. The van der Waals surface area contributed by atoms with E-state index in [0.29, 0.717) is 5.56 Å². The molecule has 5 heteroatoms. The van der Waals surface area contributed by atoms with E-state index >= 15 is 0 Å². The highest BCUT2D eigenvalue weighted by molar-refractivity contribution is 5.97. The zero-order chi connectivity index (χ0) is 13.7. The minimum absolute atomic E-state index is 0.00195. The second-order valence-electron chi connectivity index (χ2n) is 4.82. The van der Waals surface area contributed by atoms with Gasteiger partial charge in [-0.1, -0.05) is 0 Å². The molecular weight excluding hydrogens is 242 g/mol. The van der Waals surface area contributed by atoms with Crippen LogP contribution in [0.1, 0.15) is 36.5 Å². The van der Waals surface area contributed by atoms with E-state index in [1.165, 1.54) is 6.42 Å². The summed E-state index contributed by atoms with van der Waals surface area (Å²) >= 11 is 0. The van der Waals surface area contributed by atoms with Gasteiger partial charge in [0.2, 0.25) is 5.91 Å². The first kappa shape index (κ1) is 13.5. The van der Waals surface area contributed by atoms with E-state index in [0.717, 1.165) is 25.9 Å². The molecule has 5 nitrogen and oxygen atoms in total. The number of piperidine rings is 1. The van der Waals surface area contributed by atoms with Crippen LogP contribution in [0.2, 0.25) is 0 Å². The molecule has 1 N–H and O–H groups in total. The first-order valence-corrected chi connectivity index (χ1v) is 6.68. The van der Waals surface area contributed by atoms with Crippen molar-refractivity contribution in [2.75, 3.05) is 13.1 Å². The third-order valence-corrected chi connectivity index (χ3v) is 3.33. The number of likely N-dealkylation sites (tertiary alicyclic amines) is 1. The molecule has 1 aliphatic heterocycles. The zero-order valence-corrected chi connectivity index (χ0v) is 11.1. The number of carbonyl (C=O) groups is 2. The van der Waals surface area contributed by atoms with Gasteiger partial charge in [0.25, 0.3) is 5.91 Å². The van der Waals surface area contributed by atoms with Crippen molar-refractivity contribution in [3.8, 4) is 0 Å². The van der Waals surface area contributed by atoms with Gasteiger partial charge in [0.15, 0.2) is 0 Å². The van der Waals surface area contributed by atoms with Crippen molar-refractivity contribution in [2.45, 2.75) is 32.2 Å². The standard InChI is InChI=1S/C14H19N3O2/c1-11(14(19)17-9-3-2-4-10-17)16-13(18)12-5-7-15-8-6-12/h5-8,11H,2-4,9-10H2,1H3,(H,16,18). The van der Waals surface area contributed by atoms with Crippen LogP contribution in [0.3, 0.4) is 0 Å². The second-order valence-corrected chi connectivity index (χ2v) is 4.82. The van der Waals surface area contributed by atoms with Crippen LogP contribution in [0.5, 0.6) is 0 Å². The van der Waals surface area contributed by atoms with Crippen LogP contribution >= 0.6 is 0 Å². The fourth-order valence-electron chi connectivity index (χ4n) is 2.23. The van der Waals surface area contributed by atoms with Crippen molar-refractivity contribution in [1.82, 2.24) is 15.2 Å². The first-order valence-electron chi connectivity index (χ1n) is 6.68. The molecule has 1 unspecified atom stereocenters. The van der Waals surface area contributed by atoms with Crippen molar-refractivity contribution in [1.29, 1.82) is 0 Å². The van der Waals surface area contributed by atoms with Gasteiger partial charge in [0, 0.05) is 31.0 Å². The van der Waals surface area contributed by atoms with Crippen LogP contribution in [0, 0.1) is 0 Å². The highest BCUT2D eigenvalue weighted by Crippen LogP contribution is 2.10. The summed E-state index contributed by atoms with van der Waals surface area (Å²) in [7, 11) is 0. The summed E-state index contributed by atoms with van der Waals surface area (Å²) < 4.78 is 0. The Labute approximate surface area is 113 Å². The number of hydrogen-bond donors (Lipinski definition) is 1. The van der Waals surface area contributed by atoms with Crippen LogP contribution in [0.25, 0.3) is 0 Å². The molecule has 1 aliphatic rings. The predicted molar refractivity (Wildman–Crippen MR) is 71.6 cm³/mol. The van der Waals surface area contributed by atoms with Crippen molar-refractivity contribution >= 4 is 11.8 Å². The summed E-state index contributed by atoms with van der Waals surface area (Å²) in [5.74, 6) is -0.234. The first-order chi connectivity index (χ1) is 9.18. The Morgan fingerprint density at radius 1 is 1.21 bits per heavy atom. The molecule has 102 valence electrons. The van der Waals surface area contributed by atoms with Gasteiger partial charge >= 0.3 is 0 Å². The van der Waals surface area contributed by atoms with Gasteiger partial charge in [0.05, 0.1) is 0 Å². The molecule has 0 bridgehead atoms. The van der Waals surface area contributed by atoms with Crippen molar-refractivity contribution in [2.24, 2.45) is 0 Å². The monoisotopic (exact) mass is 261 g/mol. The highest BCUT2D eigenvalue weighted by Gasteiger charge is 2.23. The number of aromatic nitrogens is 1. The maximum atomic E-state index is 12.2. The van der Waals surface area contributed by atoms with E-state index in [1.807, 2.05) is 4.90 Å². The minimum Gasteiger partial charge on any atom is -0.341 e. The van der Waals surface area contributed by atoms with Gasteiger partial charge in [-0.3, -0.25) is 14.6 Å². The van der Waals surface area contributed by atoms with Crippen LogP contribution in [0.15, 0.2) is 24.5 Å². The van der Waals surface area contributed by atoms with E-state index < -0.39 is 6.04 Å². The normalized spacial score (nSPS) is 16.8. The Hall–Kier alpha value is -1.91. The van der Waals surface area contributed by atoms with Crippen molar-refractivity contribution < 1.29 is 9.59 Å². The number of amides is 2. The Morgan fingerprint density at radius 2 is 1.84 bits per heavy atom. The van der Waals surface area contributed by atoms with Gasteiger partial charge in [-0.25, -0.2) is 0 Å². The van der Waals surface area contributed by atoms with Gasteiger partial charge in [-0.2, -0.15) is 0 Å². The molecule has 1 aromatic rings. The summed E-state index contributed by atoms with van der Waals surface area (Å²) in [6.45, 7) is 3.33. The molecule has 0 radical (unpaired) electrons. The number of hydrogen-bond acceptors (Lipinski definition) is 3. The predicted octanol–water partition coefficient (Wildman–Crippen LogP) is 1.21. The Balaban J connectivity index is 1.91. The molecule has 2 amide bonds. The summed E-state index contributed by atoms with van der Waals surface area (Å²) in [4.78, 5) is 29.8. The lowest BCUT2D eigenvalue weighted by atomic mass is 10.1. The molecule has 1 aromatic heterocycles. The highest BCUT2D eigenvalue weighted by atomic mass is 16.2. The topological polar surface area (TPSA) is 62.3 Å². The van der Waals surface area contributed by atoms with Gasteiger partial charge in [0.1, 0.15) is 6.04 Å². The second kappa shape index (κ2) is 6.31. The molecule has 0 spiro atoms. The third-order valence-electron chi connectivity index (χ3n) is 3.33. The average Bonchev–Trinajstić information content (AvgIpc) is 2.48. The summed E-state index contributed by atoms with van der Waals surface area (Å²) in [6, 6.07) is 2.78. The van der Waals surface area contributed by atoms with Crippen LogP contribution in [-0.2, 0) is 4.79 Å². The molecule has 0 aliphatic carbocycles. The van der Waals surface area contributed by atoms with Crippen molar-refractivity contribution in [3.63, 3.8) is 0 Å². The molecule has 1 fully saturated rings. The largest absolute Gasteiger partial charge is 0.341 e. The lowest BCUT2D eigenvalue weighted by Gasteiger charge is -2.29. The smallest absolute Gasteiger partial charge is 0.252 e. The molecule has 19 heavy (non-hydrogen) atoms. The summed E-state index contributed by atoms with van der Waals surface area (Å²) in [6.07, 6.45) is 6.41. The summed E-state index contributed by atoms with van der Waals surface area (Å²) in [5, 5.41) is 2.74. The van der Waals surface area contributed by atoms with Gasteiger partial charge < -0.3 is 10.2 Å². The third kappa shape index (κ3) is 3.53. The molecular formula is C14H19N3O2. The Kier molecular flexibility index (Phi) is 4.49. The van der Waals surface area contributed by atoms with Gasteiger partial charge in [-0.15, -0.1) is 0 Å². The molecule has 2 heterocycles. The lowest BCUT2D eigenvalue weighted by molar-refractivity contribution is -0.133. The van der Waals surface area contributed by atoms with E-state index in [4.69, 9.17) is 0 Å². The van der Waals surface area contributed by atoms with E-state index in [1.54, 1.807) is 31.5 Å². The van der Waals surface area contributed by atoms with Crippen LogP contribution in [-0.4, -0.2) is 40.8 Å². The van der Waals surface area contributed by atoms with Crippen molar-refractivity contribution in [3.05, 3.63) is 30.1 Å². The van der Waals surface area contributed by atoms with E-state index in [-0.39, 0.29) is 11.8 Å².